The van der Waals surface area contributed by atoms with Crippen LogP contribution in [0.5, 0.6) is 0 Å². The van der Waals surface area contributed by atoms with Crippen molar-refractivity contribution in [1.82, 2.24) is 0 Å². The van der Waals surface area contributed by atoms with E-state index in [0.29, 0.717) is 6.29 Å². The number of aldehydes is 1. The van der Waals surface area contributed by atoms with Crippen molar-refractivity contribution in [1.29, 1.82) is 0 Å². The molecule has 88 valence electrons. The normalized spacial score (nSPS) is 13.1. The summed E-state index contributed by atoms with van der Waals surface area (Å²) in [6, 6.07) is 0. The van der Waals surface area contributed by atoms with Gasteiger partial charge in [-0.05, 0) is 13.8 Å². The maximum Gasteiger partial charge on any atom is 0.310 e. The molecule has 3 N–H and O–H groups in total. The highest BCUT2D eigenvalue weighted by Crippen LogP contribution is 1.92. The highest BCUT2D eigenvalue weighted by molar-refractivity contribution is 5.93. The van der Waals surface area contributed by atoms with Crippen LogP contribution in [0.15, 0.2) is 0 Å². The molecule has 2 unspecified atom stereocenters. The minimum Gasteiger partial charge on any atom is -0.481 e. The SMILES string of the molecule is CC(=O)CC(=O)O.CC(O)CC(O)C=O. The molecule has 0 spiro atoms. The Morgan fingerprint density at radius 3 is 1.87 bits per heavy atom. The van der Waals surface area contributed by atoms with E-state index in [1.54, 1.807) is 0 Å². The first kappa shape index (κ1) is 16.2. The summed E-state index contributed by atoms with van der Waals surface area (Å²) >= 11 is 0. The van der Waals surface area contributed by atoms with Gasteiger partial charge in [-0.3, -0.25) is 9.59 Å². The standard InChI is InChI=1S/C5H10O3.C4H6O3/c1-4(7)2-5(8)3-6;1-3(5)2-4(6)7/h3-5,7-8H,2H2,1H3;2H2,1H3,(H,6,7). The van der Waals surface area contributed by atoms with Gasteiger partial charge in [-0.1, -0.05) is 0 Å². The van der Waals surface area contributed by atoms with E-state index in [1.165, 1.54) is 13.8 Å². The van der Waals surface area contributed by atoms with Crippen molar-refractivity contribution in [2.24, 2.45) is 0 Å². The second kappa shape index (κ2) is 9.29. The van der Waals surface area contributed by atoms with Crippen LogP contribution in [0, 0.1) is 0 Å². The third-order valence-corrected chi connectivity index (χ3v) is 1.14. The molecule has 0 aliphatic heterocycles. The predicted molar refractivity (Wildman–Crippen MR) is 51.3 cm³/mol. The molecule has 6 heteroatoms. The fourth-order valence-electron chi connectivity index (χ4n) is 0.618. The van der Waals surface area contributed by atoms with Crippen LogP contribution in [0.25, 0.3) is 0 Å². The van der Waals surface area contributed by atoms with Gasteiger partial charge in [0.25, 0.3) is 0 Å². The predicted octanol–water partition coefficient (Wildman–Crippen LogP) is -0.633. The molecular formula is C9H16O6. The van der Waals surface area contributed by atoms with Gasteiger partial charge in [0, 0.05) is 6.42 Å². The average molecular weight is 220 g/mol. The van der Waals surface area contributed by atoms with Gasteiger partial charge >= 0.3 is 5.97 Å². The van der Waals surface area contributed by atoms with Crippen LogP contribution in [-0.2, 0) is 14.4 Å². The van der Waals surface area contributed by atoms with Crippen molar-refractivity contribution in [3.63, 3.8) is 0 Å². The molecule has 0 amide bonds. The van der Waals surface area contributed by atoms with Crippen molar-refractivity contribution < 1.29 is 29.7 Å². The largest absolute Gasteiger partial charge is 0.481 e. The molecule has 0 rings (SSSR count). The molecule has 15 heavy (non-hydrogen) atoms. The lowest BCUT2D eigenvalue weighted by atomic mass is 10.2. The summed E-state index contributed by atoms with van der Waals surface area (Å²) in [6.07, 6.45) is -1.43. The molecule has 0 heterocycles. The molecule has 0 radical (unpaired) electrons. The Kier molecular flexibility index (Phi) is 10.0. The summed E-state index contributed by atoms with van der Waals surface area (Å²) in [5.41, 5.74) is 0. The molecular weight excluding hydrogens is 204 g/mol. The smallest absolute Gasteiger partial charge is 0.310 e. The van der Waals surface area contributed by atoms with E-state index in [0.717, 1.165) is 0 Å². The first-order valence-corrected chi connectivity index (χ1v) is 4.32. The van der Waals surface area contributed by atoms with Crippen molar-refractivity contribution in [3.8, 4) is 0 Å². The van der Waals surface area contributed by atoms with E-state index in [9.17, 15) is 14.4 Å². The van der Waals surface area contributed by atoms with Crippen molar-refractivity contribution in [2.75, 3.05) is 0 Å². The maximum atomic E-state index is 9.87. The third kappa shape index (κ3) is 19.2. The summed E-state index contributed by atoms with van der Waals surface area (Å²) < 4.78 is 0. The van der Waals surface area contributed by atoms with Gasteiger partial charge in [0.1, 0.15) is 24.6 Å². The number of aliphatic hydroxyl groups is 2. The lowest BCUT2D eigenvalue weighted by molar-refractivity contribution is -0.139. The van der Waals surface area contributed by atoms with Crippen LogP contribution in [0.2, 0.25) is 0 Å². The van der Waals surface area contributed by atoms with E-state index >= 15 is 0 Å². The number of rotatable bonds is 5. The number of carbonyl (C=O) groups is 3. The van der Waals surface area contributed by atoms with Crippen molar-refractivity contribution >= 4 is 18.0 Å². The molecule has 0 aliphatic carbocycles. The molecule has 0 saturated carbocycles. The molecule has 0 fully saturated rings. The van der Waals surface area contributed by atoms with Gasteiger partial charge in [0.15, 0.2) is 0 Å². The van der Waals surface area contributed by atoms with Gasteiger partial charge in [-0.15, -0.1) is 0 Å². The number of aliphatic hydroxyl groups excluding tert-OH is 2. The fraction of sp³-hybridized carbons (Fsp3) is 0.667. The lowest BCUT2D eigenvalue weighted by Crippen LogP contribution is -2.15. The van der Waals surface area contributed by atoms with Gasteiger partial charge in [0.05, 0.1) is 6.10 Å². The molecule has 2 atom stereocenters. The number of hydrogen-bond acceptors (Lipinski definition) is 5. The van der Waals surface area contributed by atoms with Gasteiger partial charge in [-0.25, -0.2) is 0 Å². The van der Waals surface area contributed by atoms with Gasteiger partial charge < -0.3 is 20.1 Å². The second-order valence-corrected chi connectivity index (χ2v) is 3.06. The number of Topliss-reactive ketones (excluding diaryl/α,β-unsaturated/α-hetero) is 1. The summed E-state index contributed by atoms with van der Waals surface area (Å²) in [4.78, 5) is 29.1. The van der Waals surface area contributed by atoms with E-state index < -0.39 is 18.2 Å². The minimum atomic E-state index is -1.06. The molecule has 0 aromatic carbocycles. The van der Waals surface area contributed by atoms with Crippen molar-refractivity contribution in [2.45, 2.75) is 38.9 Å². The Balaban J connectivity index is 0. The molecule has 0 aromatic rings. The zero-order valence-corrected chi connectivity index (χ0v) is 8.71. The van der Waals surface area contributed by atoms with Gasteiger partial charge in [-0.2, -0.15) is 0 Å². The van der Waals surface area contributed by atoms with Crippen LogP contribution >= 0.6 is 0 Å². The monoisotopic (exact) mass is 220 g/mol. The summed E-state index contributed by atoms with van der Waals surface area (Å²) in [6.45, 7) is 2.76. The number of carbonyl (C=O) groups excluding carboxylic acids is 2. The van der Waals surface area contributed by atoms with E-state index in [4.69, 9.17) is 15.3 Å². The average Bonchev–Trinajstić information content (AvgIpc) is 2.01. The Labute approximate surface area is 87.5 Å². The topological polar surface area (TPSA) is 112 Å². The molecule has 6 nitrogen and oxygen atoms in total. The highest BCUT2D eigenvalue weighted by atomic mass is 16.4. The number of hydrogen-bond donors (Lipinski definition) is 3. The number of carboxylic acids is 1. The van der Waals surface area contributed by atoms with Crippen LogP contribution in [-0.4, -0.2) is 45.6 Å². The Hall–Kier alpha value is -1.27. The summed E-state index contributed by atoms with van der Waals surface area (Å²) in [7, 11) is 0. The number of aliphatic carboxylic acids is 1. The summed E-state index contributed by atoms with van der Waals surface area (Å²) in [5, 5.41) is 24.9. The highest BCUT2D eigenvalue weighted by Gasteiger charge is 2.04. The molecule has 0 aliphatic rings. The first-order chi connectivity index (χ1) is 6.79. The quantitative estimate of drug-likeness (QED) is 0.420. The van der Waals surface area contributed by atoms with Crippen LogP contribution < -0.4 is 0 Å². The Morgan fingerprint density at radius 2 is 1.80 bits per heavy atom. The zero-order chi connectivity index (χ0) is 12.4. The zero-order valence-electron chi connectivity index (χ0n) is 8.71. The van der Waals surface area contributed by atoms with Crippen LogP contribution in [0.1, 0.15) is 26.7 Å². The van der Waals surface area contributed by atoms with Gasteiger partial charge in [0.2, 0.25) is 0 Å². The molecule has 0 saturated heterocycles. The molecule has 0 bridgehead atoms. The Bertz CT molecular complexity index is 199. The third-order valence-electron chi connectivity index (χ3n) is 1.14. The number of ketones is 1. The fourth-order valence-corrected chi connectivity index (χ4v) is 0.618. The second-order valence-electron chi connectivity index (χ2n) is 3.06. The number of carboxylic acid groups (broad SMARTS) is 1. The van der Waals surface area contributed by atoms with Crippen LogP contribution in [0.3, 0.4) is 0 Å². The minimum absolute atomic E-state index is 0.128. The Morgan fingerprint density at radius 1 is 1.33 bits per heavy atom. The van der Waals surface area contributed by atoms with E-state index in [1.807, 2.05) is 0 Å². The first-order valence-electron chi connectivity index (χ1n) is 4.32. The lowest BCUT2D eigenvalue weighted by Gasteiger charge is -2.03. The van der Waals surface area contributed by atoms with Crippen molar-refractivity contribution in [3.05, 3.63) is 0 Å². The summed E-state index contributed by atoms with van der Waals surface area (Å²) in [5.74, 6) is -1.37. The van der Waals surface area contributed by atoms with E-state index in [2.05, 4.69) is 0 Å². The van der Waals surface area contributed by atoms with Crippen LogP contribution in [0.4, 0.5) is 0 Å². The van der Waals surface area contributed by atoms with E-state index in [-0.39, 0.29) is 18.6 Å². The molecule has 0 aromatic heterocycles. The maximum absolute atomic E-state index is 9.87.